The molecule has 34 heavy (non-hydrogen) atoms. The van der Waals surface area contributed by atoms with Crippen LogP contribution in [0.3, 0.4) is 0 Å². The second kappa shape index (κ2) is 8.57. The summed E-state index contributed by atoms with van der Waals surface area (Å²) in [5.41, 5.74) is 2.76. The number of aromatic amines is 1. The van der Waals surface area contributed by atoms with Crippen molar-refractivity contribution in [3.63, 3.8) is 0 Å². The monoisotopic (exact) mass is 481 g/mol. The number of hydrogen-bond acceptors (Lipinski definition) is 4. The van der Waals surface area contributed by atoms with Crippen molar-refractivity contribution in [2.75, 3.05) is 0 Å². The molecule has 0 fully saturated rings. The molecule has 1 atom stereocenters. The Labute approximate surface area is 196 Å². The number of hydrogen-bond donors (Lipinski definition) is 1. The van der Waals surface area contributed by atoms with Crippen molar-refractivity contribution in [1.29, 1.82) is 0 Å². The van der Waals surface area contributed by atoms with Gasteiger partial charge in [0.1, 0.15) is 16.8 Å². The number of rotatable bonds is 5. The Bertz CT molecular complexity index is 1530. The number of benzene rings is 3. The lowest BCUT2D eigenvalue weighted by Gasteiger charge is -2.16. The lowest BCUT2D eigenvalue weighted by atomic mass is 10.2. The number of nitrogens with zero attached hydrogens (tertiary/aromatic N) is 2. The maximum atomic E-state index is 13.6. The van der Waals surface area contributed by atoms with Gasteiger partial charge in [-0.25, -0.2) is 4.98 Å². The molecular formula is C25H18F3N3O2S. The fourth-order valence-corrected chi connectivity index (χ4v) is 4.84. The Kier molecular flexibility index (Phi) is 5.57. The molecule has 1 unspecified atom stereocenters. The van der Waals surface area contributed by atoms with Gasteiger partial charge < -0.3 is 9.72 Å². The lowest BCUT2D eigenvalue weighted by molar-refractivity contribution is -0.274. The van der Waals surface area contributed by atoms with Crippen molar-refractivity contribution in [2.24, 2.45) is 0 Å². The summed E-state index contributed by atoms with van der Waals surface area (Å²) in [6, 6.07) is 22.5. The predicted molar refractivity (Wildman–Crippen MR) is 127 cm³/mol. The van der Waals surface area contributed by atoms with Crippen LogP contribution in [0.1, 0.15) is 17.7 Å². The van der Waals surface area contributed by atoms with Crippen LogP contribution in [0.2, 0.25) is 0 Å². The van der Waals surface area contributed by atoms with E-state index in [0.29, 0.717) is 21.9 Å². The molecule has 172 valence electrons. The van der Waals surface area contributed by atoms with Crippen molar-refractivity contribution >= 4 is 33.7 Å². The summed E-state index contributed by atoms with van der Waals surface area (Å²) in [6.45, 7) is 2.01. The van der Waals surface area contributed by atoms with E-state index in [1.165, 1.54) is 40.6 Å². The van der Waals surface area contributed by atoms with Gasteiger partial charge in [0, 0.05) is 16.2 Å². The topological polar surface area (TPSA) is 59.9 Å². The zero-order chi connectivity index (χ0) is 23.9. The summed E-state index contributed by atoms with van der Waals surface area (Å²) in [4.78, 5) is 21.6. The van der Waals surface area contributed by atoms with E-state index in [2.05, 4.69) is 9.72 Å². The molecular weight excluding hydrogens is 463 g/mol. The summed E-state index contributed by atoms with van der Waals surface area (Å²) < 4.78 is 43.1. The number of aromatic nitrogens is 3. The van der Waals surface area contributed by atoms with Crippen LogP contribution in [0.5, 0.6) is 5.75 Å². The summed E-state index contributed by atoms with van der Waals surface area (Å²) >= 11 is 1.40. The SMILES string of the molecule is CC(Sc1nc2c([nH]c3ccccc32)c(=O)n1-c1ccc(OC(F)(F)F)cc1)c1ccccc1. The molecule has 5 nitrogen and oxygen atoms in total. The van der Waals surface area contributed by atoms with Gasteiger partial charge in [-0.15, -0.1) is 13.2 Å². The van der Waals surface area contributed by atoms with Crippen LogP contribution >= 0.6 is 11.8 Å². The highest BCUT2D eigenvalue weighted by Gasteiger charge is 2.31. The highest BCUT2D eigenvalue weighted by Crippen LogP contribution is 2.36. The average Bonchev–Trinajstić information content (AvgIpc) is 3.19. The molecule has 0 bridgehead atoms. The van der Waals surface area contributed by atoms with Crippen molar-refractivity contribution in [3.8, 4) is 11.4 Å². The van der Waals surface area contributed by atoms with Gasteiger partial charge in [-0.3, -0.25) is 9.36 Å². The molecule has 0 amide bonds. The minimum atomic E-state index is -4.80. The molecule has 0 spiro atoms. The third kappa shape index (κ3) is 4.26. The first-order valence-corrected chi connectivity index (χ1v) is 11.3. The Hall–Kier alpha value is -3.72. The van der Waals surface area contributed by atoms with E-state index in [-0.39, 0.29) is 16.6 Å². The van der Waals surface area contributed by atoms with Crippen molar-refractivity contribution in [3.05, 3.63) is 94.8 Å². The highest BCUT2D eigenvalue weighted by molar-refractivity contribution is 7.99. The summed E-state index contributed by atoms with van der Waals surface area (Å²) in [5, 5.41) is 1.22. The fraction of sp³-hybridized carbons (Fsp3) is 0.120. The van der Waals surface area contributed by atoms with E-state index in [9.17, 15) is 18.0 Å². The quantitative estimate of drug-likeness (QED) is 0.226. The van der Waals surface area contributed by atoms with Crippen molar-refractivity contribution < 1.29 is 17.9 Å². The van der Waals surface area contributed by atoms with Gasteiger partial charge in [0.2, 0.25) is 0 Å². The van der Waals surface area contributed by atoms with Crippen LogP contribution in [0.4, 0.5) is 13.2 Å². The van der Waals surface area contributed by atoms with Gasteiger partial charge in [-0.2, -0.15) is 0 Å². The van der Waals surface area contributed by atoms with E-state index >= 15 is 0 Å². The second-order valence-corrected chi connectivity index (χ2v) is 8.95. The Morgan fingerprint density at radius 3 is 2.35 bits per heavy atom. The van der Waals surface area contributed by atoms with Crippen LogP contribution in [-0.4, -0.2) is 20.9 Å². The molecule has 0 aliphatic rings. The first-order valence-electron chi connectivity index (χ1n) is 10.4. The summed E-state index contributed by atoms with van der Waals surface area (Å²) in [5.74, 6) is -0.365. The number of fused-ring (bicyclic) bond motifs is 3. The first kappa shape index (κ1) is 22.1. The number of para-hydroxylation sites is 1. The minimum Gasteiger partial charge on any atom is -0.406 e. The van der Waals surface area contributed by atoms with Gasteiger partial charge in [0.15, 0.2) is 5.16 Å². The Morgan fingerprint density at radius 2 is 1.65 bits per heavy atom. The number of ether oxygens (including phenoxy) is 1. The van der Waals surface area contributed by atoms with Crippen LogP contribution in [-0.2, 0) is 0 Å². The highest BCUT2D eigenvalue weighted by atomic mass is 32.2. The van der Waals surface area contributed by atoms with E-state index < -0.39 is 6.36 Å². The smallest absolute Gasteiger partial charge is 0.406 e. The summed E-state index contributed by atoms with van der Waals surface area (Å²) in [6.07, 6.45) is -4.80. The van der Waals surface area contributed by atoms with E-state index in [0.717, 1.165) is 16.5 Å². The zero-order valence-corrected chi connectivity index (χ0v) is 18.7. The lowest BCUT2D eigenvalue weighted by Crippen LogP contribution is -2.22. The third-order valence-electron chi connectivity index (χ3n) is 5.37. The number of nitrogens with one attached hydrogen (secondary N) is 1. The molecule has 0 aliphatic heterocycles. The van der Waals surface area contributed by atoms with Crippen molar-refractivity contribution in [1.82, 2.24) is 14.5 Å². The molecule has 0 saturated heterocycles. The van der Waals surface area contributed by atoms with Crippen LogP contribution in [0.25, 0.3) is 27.6 Å². The molecule has 5 aromatic rings. The first-order chi connectivity index (χ1) is 16.3. The maximum absolute atomic E-state index is 13.6. The molecule has 2 heterocycles. The average molecular weight is 481 g/mol. The predicted octanol–water partition coefficient (Wildman–Crippen LogP) is 6.62. The van der Waals surface area contributed by atoms with Crippen LogP contribution < -0.4 is 10.3 Å². The van der Waals surface area contributed by atoms with Crippen LogP contribution in [0.15, 0.2) is 88.8 Å². The van der Waals surface area contributed by atoms with Crippen molar-refractivity contribution in [2.45, 2.75) is 23.7 Å². The Morgan fingerprint density at radius 1 is 0.971 bits per heavy atom. The standard InChI is InChI=1S/C25H18F3N3O2S/c1-15(16-7-3-2-4-8-16)34-24-30-21-19-9-5-6-10-20(19)29-22(21)23(32)31(24)17-11-13-18(14-12-17)33-25(26,27)28/h2-15,29H,1H3. The van der Waals surface area contributed by atoms with E-state index in [1.807, 2.05) is 61.5 Å². The number of halogens is 3. The number of thioether (sulfide) groups is 1. The molecule has 2 aromatic heterocycles. The van der Waals surface area contributed by atoms with Gasteiger partial charge >= 0.3 is 6.36 Å². The maximum Gasteiger partial charge on any atom is 0.573 e. The Balaban J connectivity index is 1.67. The van der Waals surface area contributed by atoms with Gasteiger partial charge in [-0.05, 0) is 42.8 Å². The normalized spacial score (nSPS) is 12.8. The third-order valence-corrected chi connectivity index (χ3v) is 6.48. The van der Waals surface area contributed by atoms with E-state index in [1.54, 1.807) is 0 Å². The zero-order valence-electron chi connectivity index (χ0n) is 17.8. The molecule has 1 N–H and O–H groups in total. The van der Waals surface area contributed by atoms with Crippen LogP contribution in [0, 0.1) is 0 Å². The summed E-state index contributed by atoms with van der Waals surface area (Å²) in [7, 11) is 0. The number of H-pyrrole nitrogens is 1. The molecule has 0 aliphatic carbocycles. The molecule has 5 rings (SSSR count). The molecule has 0 radical (unpaired) electrons. The molecule has 0 saturated carbocycles. The van der Waals surface area contributed by atoms with E-state index in [4.69, 9.17) is 4.98 Å². The minimum absolute atomic E-state index is 0.0326. The second-order valence-electron chi connectivity index (χ2n) is 7.64. The van der Waals surface area contributed by atoms with Gasteiger partial charge in [-0.1, -0.05) is 60.3 Å². The largest absolute Gasteiger partial charge is 0.573 e. The number of alkyl halides is 3. The van der Waals surface area contributed by atoms with Gasteiger partial charge in [0.05, 0.1) is 5.69 Å². The molecule has 9 heteroatoms. The van der Waals surface area contributed by atoms with Gasteiger partial charge in [0.25, 0.3) is 5.56 Å². The fourth-order valence-electron chi connectivity index (χ4n) is 3.80. The molecule has 3 aromatic carbocycles.